The molecule has 1 fully saturated rings. The van der Waals surface area contributed by atoms with Crippen molar-refractivity contribution in [1.82, 2.24) is 14.5 Å². The van der Waals surface area contributed by atoms with Crippen LogP contribution in [-0.2, 0) is 11.2 Å². The van der Waals surface area contributed by atoms with Gasteiger partial charge < -0.3 is 19.5 Å². The molecule has 0 unspecified atom stereocenters. The first kappa shape index (κ1) is 28.7. The number of hydrogen-bond acceptors (Lipinski definition) is 4. The standard InChI is InChI=1S/C29H36F4N4O2/c1-27(2)15-20(16-28(3,4)17-27)37-22-13-7-18(8-14-23(38)36(5)6)24(30)25(22)35-26(37)34-19-9-11-21(12-10-19)39-29(31,32)33/h7,9-13,20H,8,14-17H2,1-6H3,(H,34,35). The fraction of sp³-hybridized carbons (Fsp3) is 0.517. The van der Waals surface area contributed by atoms with Crippen LogP contribution in [0.15, 0.2) is 36.4 Å². The number of aryl methyl sites for hydroxylation is 1. The first-order valence-electron chi connectivity index (χ1n) is 13.1. The van der Waals surface area contributed by atoms with Gasteiger partial charge in [-0.3, -0.25) is 4.79 Å². The Morgan fingerprint density at radius 1 is 1.08 bits per heavy atom. The normalized spacial score (nSPS) is 17.3. The minimum Gasteiger partial charge on any atom is -0.406 e. The van der Waals surface area contributed by atoms with Gasteiger partial charge in [-0.15, -0.1) is 13.2 Å². The Morgan fingerprint density at radius 2 is 1.69 bits per heavy atom. The fourth-order valence-electron chi connectivity index (χ4n) is 6.13. The third kappa shape index (κ3) is 6.83. The summed E-state index contributed by atoms with van der Waals surface area (Å²) in [6, 6.07) is 8.95. The second-order valence-electron chi connectivity index (χ2n) is 12.3. The molecule has 10 heteroatoms. The van der Waals surface area contributed by atoms with Crippen LogP contribution >= 0.6 is 0 Å². The van der Waals surface area contributed by atoms with Crippen molar-refractivity contribution in [2.24, 2.45) is 10.8 Å². The number of imidazole rings is 1. The van der Waals surface area contributed by atoms with E-state index in [9.17, 15) is 18.0 Å². The summed E-state index contributed by atoms with van der Waals surface area (Å²) >= 11 is 0. The van der Waals surface area contributed by atoms with Crippen molar-refractivity contribution < 1.29 is 27.1 Å². The van der Waals surface area contributed by atoms with Gasteiger partial charge in [0.2, 0.25) is 11.9 Å². The van der Waals surface area contributed by atoms with Gasteiger partial charge in [0.15, 0.2) is 5.82 Å². The molecule has 1 saturated carbocycles. The molecular weight excluding hydrogens is 512 g/mol. The molecule has 1 aromatic heterocycles. The number of amides is 1. The Kier molecular flexibility index (Phi) is 7.62. The smallest absolute Gasteiger partial charge is 0.406 e. The zero-order chi connectivity index (χ0) is 28.8. The predicted octanol–water partition coefficient (Wildman–Crippen LogP) is 7.62. The number of alkyl halides is 3. The number of rotatable bonds is 7. The minimum atomic E-state index is -4.78. The molecule has 1 amide bonds. The van der Waals surface area contributed by atoms with Crippen molar-refractivity contribution in [3.8, 4) is 5.75 Å². The molecule has 1 heterocycles. The molecule has 1 aliphatic rings. The number of hydrogen-bond donors (Lipinski definition) is 1. The highest BCUT2D eigenvalue weighted by atomic mass is 19.4. The number of nitrogens with one attached hydrogen (secondary N) is 1. The van der Waals surface area contributed by atoms with Crippen LogP contribution in [0, 0.1) is 16.6 Å². The molecule has 2 aromatic carbocycles. The number of fused-ring (bicyclic) bond motifs is 1. The van der Waals surface area contributed by atoms with Crippen LogP contribution in [0.1, 0.15) is 65.0 Å². The highest BCUT2D eigenvalue weighted by Gasteiger charge is 2.40. The number of ether oxygens (including phenoxy) is 1. The highest BCUT2D eigenvalue weighted by Crippen LogP contribution is 2.51. The van der Waals surface area contributed by atoms with E-state index in [4.69, 9.17) is 0 Å². The second-order valence-corrected chi connectivity index (χ2v) is 12.3. The number of anilines is 2. The summed E-state index contributed by atoms with van der Waals surface area (Å²) < 4.78 is 59.6. The topological polar surface area (TPSA) is 59.4 Å². The lowest BCUT2D eigenvalue weighted by molar-refractivity contribution is -0.274. The maximum Gasteiger partial charge on any atom is 0.573 e. The Labute approximate surface area is 226 Å². The van der Waals surface area contributed by atoms with Gasteiger partial charge in [-0.1, -0.05) is 33.8 Å². The Hall–Kier alpha value is -3.30. The van der Waals surface area contributed by atoms with E-state index in [1.165, 1.54) is 29.2 Å². The van der Waals surface area contributed by atoms with Gasteiger partial charge in [-0.05, 0) is 72.4 Å². The van der Waals surface area contributed by atoms with Gasteiger partial charge in [-0.25, -0.2) is 9.37 Å². The van der Waals surface area contributed by atoms with Gasteiger partial charge in [0.1, 0.15) is 11.3 Å². The summed E-state index contributed by atoms with van der Waals surface area (Å²) in [6.45, 7) is 8.92. The quantitative estimate of drug-likeness (QED) is 0.309. The van der Waals surface area contributed by atoms with E-state index in [2.05, 4.69) is 42.7 Å². The van der Waals surface area contributed by atoms with E-state index in [1.807, 2.05) is 10.6 Å². The van der Waals surface area contributed by atoms with Crippen LogP contribution in [0.4, 0.5) is 29.2 Å². The first-order valence-corrected chi connectivity index (χ1v) is 13.1. The Bertz CT molecular complexity index is 1330. The molecule has 1 N–H and O–H groups in total. The molecule has 0 saturated heterocycles. The van der Waals surface area contributed by atoms with Crippen molar-refractivity contribution in [2.75, 3.05) is 19.4 Å². The second kappa shape index (κ2) is 10.4. The van der Waals surface area contributed by atoms with Gasteiger partial charge in [0.05, 0.1) is 5.52 Å². The van der Waals surface area contributed by atoms with Gasteiger partial charge in [-0.2, -0.15) is 0 Å². The summed E-state index contributed by atoms with van der Waals surface area (Å²) in [5.41, 5.74) is 1.82. The van der Waals surface area contributed by atoms with Crippen LogP contribution in [0.25, 0.3) is 11.0 Å². The molecular formula is C29H36F4N4O2. The maximum absolute atomic E-state index is 15.8. The zero-order valence-corrected chi connectivity index (χ0v) is 23.2. The van der Waals surface area contributed by atoms with Crippen molar-refractivity contribution in [2.45, 2.75) is 72.2 Å². The van der Waals surface area contributed by atoms with E-state index < -0.39 is 12.2 Å². The van der Waals surface area contributed by atoms with E-state index in [0.717, 1.165) is 19.3 Å². The summed E-state index contributed by atoms with van der Waals surface area (Å²) in [5, 5.41) is 3.20. The number of halogens is 4. The van der Waals surface area contributed by atoms with Gasteiger partial charge >= 0.3 is 6.36 Å². The molecule has 3 aromatic rings. The average molecular weight is 549 g/mol. The third-order valence-corrected chi connectivity index (χ3v) is 7.23. The lowest BCUT2D eigenvalue weighted by atomic mass is 9.63. The van der Waals surface area contributed by atoms with E-state index in [-0.39, 0.29) is 46.9 Å². The van der Waals surface area contributed by atoms with E-state index >= 15 is 4.39 Å². The molecule has 0 bridgehead atoms. The number of benzene rings is 2. The Morgan fingerprint density at radius 3 is 2.26 bits per heavy atom. The largest absolute Gasteiger partial charge is 0.573 e. The average Bonchev–Trinajstić information content (AvgIpc) is 3.15. The van der Waals surface area contributed by atoms with Crippen LogP contribution in [0.3, 0.4) is 0 Å². The third-order valence-electron chi connectivity index (χ3n) is 7.23. The van der Waals surface area contributed by atoms with E-state index in [1.54, 1.807) is 20.2 Å². The number of nitrogens with zero attached hydrogens (tertiary/aromatic N) is 3. The van der Waals surface area contributed by atoms with Gasteiger partial charge in [0, 0.05) is 32.2 Å². The van der Waals surface area contributed by atoms with Gasteiger partial charge in [0.25, 0.3) is 0 Å². The van der Waals surface area contributed by atoms with Crippen LogP contribution < -0.4 is 10.1 Å². The maximum atomic E-state index is 15.8. The van der Waals surface area contributed by atoms with Crippen LogP contribution in [0.5, 0.6) is 5.75 Å². The van der Waals surface area contributed by atoms with Crippen molar-refractivity contribution in [3.05, 3.63) is 47.8 Å². The molecule has 0 radical (unpaired) electrons. The molecule has 0 spiro atoms. The number of carbonyl (C=O) groups excluding carboxylic acids is 1. The predicted molar refractivity (Wildman–Crippen MR) is 144 cm³/mol. The monoisotopic (exact) mass is 548 g/mol. The molecule has 6 nitrogen and oxygen atoms in total. The molecule has 0 aliphatic heterocycles. The molecule has 1 aliphatic carbocycles. The lowest BCUT2D eigenvalue weighted by Gasteiger charge is -2.45. The van der Waals surface area contributed by atoms with E-state index in [0.29, 0.717) is 22.7 Å². The first-order chi connectivity index (χ1) is 18.0. The molecule has 39 heavy (non-hydrogen) atoms. The Balaban J connectivity index is 1.75. The zero-order valence-electron chi connectivity index (χ0n) is 23.2. The summed E-state index contributed by atoms with van der Waals surface area (Å²) in [4.78, 5) is 18.2. The van der Waals surface area contributed by atoms with Crippen molar-refractivity contribution in [1.29, 1.82) is 0 Å². The van der Waals surface area contributed by atoms with Crippen molar-refractivity contribution >= 4 is 28.6 Å². The fourth-order valence-corrected chi connectivity index (χ4v) is 6.13. The summed E-state index contributed by atoms with van der Waals surface area (Å²) in [5.74, 6) is -0.482. The molecule has 0 atom stereocenters. The number of aromatic nitrogens is 2. The molecule has 212 valence electrons. The SMILES string of the molecule is CN(C)C(=O)CCc1ccc2c(nc(Nc3ccc(OC(F)(F)F)cc3)n2C2CC(C)(C)CC(C)(C)C2)c1F. The van der Waals surface area contributed by atoms with Crippen LogP contribution in [-0.4, -0.2) is 40.8 Å². The number of carbonyl (C=O) groups is 1. The molecule has 4 rings (SSSR count). The lowest BCUT2D eigenvalue weighted by Crippen LogP contribution is -2.35. The summed E-state index contributed by atoms with van der Waals surface area (Å²) in [7, 11) is 3.33. The van der Waals surface area contributed by atoms with Crippen molar-refractivity contribution in [3.63, 3.8) is 0 Å². The highest BCUT2D eigenvalue weighted by molar-refractivity contribution is 5.82. The summed E-state index contributed by atoms with van der Waals surface area (Å²) in [6.07, 6.45) is -1.59. The van der Waals surface area contributed by atoms with Crippen LogP contribution in [0.2, 0.25) is 0 Å². The minimum absolute atomic E-state index is 0.0182.